The number of nitrogens with zero attached hydrogens (tertiary/aromatic N) is 7. The number of hydrogen-bond acceptors (Lipinski definition) is 6. The Morgan fingerprint density at radius 2 is 2.13 bits per heavy atom. The van der Waals surface area contributed by atoms with E-state index in [0.717, 1.165) is 61.7 Å². The van der Waals surface area contributed by atoms with E-state index in [2.05, 4.69) is 19.4 Å². The number of pyridine rings is 1. The number of fused-ring (bicyclic) bond motifs is 2. The number of imidazole rings is 1. The number of aromatic nitrogens is 6. The lowest BCUT2D eigenvalue weighted by atomic mass is 9.99. The predicted molar refractivity (Wildman–Crippen MR) is 111 cm³/mol. The van der Waals surface area contributed by atoms with Gasteiger partial charge in [-0.05, 0) is 37.5 Å². The van der Waals surface area contributed by atoms with Gasteiger partial charge >= 0.3 is 0 Å². The van der Waals surface area contributed by atoms with Crippen LogP contribution in [0.4, 0.5) is 10.2 Å². The van der Waals surface area contributed by atoms with Gasteiger partial charge in [0.05, 0.1) is 23.9 Å². The number of ether oxygens (including phenoxy) is 1. The Kier molecular flexibility index (Phi) is 4.41. The zero-order valence-electron chi connectivity index (χ0n) is 16.9. The van der Waals surface area contributed by atoms with E-state index in [0.29, 0.717) is 5.52 Å². The molecule has 2 atom stereocenters. The zero-order chi connectivity index (χ0) is 20.8. The summed E-state index contributed by atoms with van der Waals surface area (Å²) in [6.07, 6.45) is 12.8. The molecule has 0 spiro atoms. The lowest BCUT2D eigenvalue weighted by Gasteiger charge is -2.36. The van der Waals surface area contributed by atoms with Gasteiger partial charge in [0, 0.05) is 43.9 Å². The first-order valence-electron chi connectivity index (χ1n) is 10.6. The molecule has 1 fully saturated rings. The Morgan fingerprint density at radius 1 is 1.16 bits per heavy atom. The van der Waals surface area contributed by atoms with Gasteiger partial charge < -0.3 is 14.2 Å². The third-order valence-electron chi connectivity index (χ3n) is 6.15. The molecular weight excluding hydrogens is 397 g/mol. The summed E-state index contributed by atoms with van der Waals surface area (Å²) in [5.41, 5.74) is 3.23. The van der Waals surface area contributed by atoms with E-state index in [-0.39, 0.29) is 18.1 Å². The van der Waals surface area contributed by atoms with Gasteiger partial charge in [-0.2, -0.15) is 5.10 Å². The average molecular weight is 419 g/mol. The van der Waals surface area contributed by atoms with Crippen molar-refractivity contribution in [1.29, 1.82) is 0 Å². The SMILES string of the molecule is Fc1cccn2nc(C3c4ncn(C5CCCCO5)c4CCN3c3cnccn3)cc12. The van der Waals surface area contributed by atoms with Gasteiger partial charge in [-0.1, -0.05) is 0 Å². The number of halogens is 1. The van der Waals surface area contributed by atoms with Crippen molar-refractivity contribution in [2.45, 2.75) is 38.0 Å². The summed E-state index contributed by atoms with van der Waals surface area (Å²) in [7, 11) is 0. The Balaban J connectivity index is 1.49. The standard InChI is InChI=1S/C22H22FN7O/c23-15-4-3-9-30-18(15)12-16(27-30)22-21-17(6-10-28(22)19-13-24-7-8-25-19)29(14-26-21)20-5-1-2-11-31-20/h3-4,7-9,12-14,20,22H,1-2,5-6,10-11H2. The molecule has 31 heavy (non-hydrogen) atoms. The molecule has 0 bridgehead atoms. The van der Waals surface area contributed by atoms with Gasteiger partial charge in [0.15, 0.2) is 0 Å². The van der Waals surface area contributed by atoms with Crippen LogP contribution in [0.3, 0.4) is 0 Å². The van der Waals surface area contributed by atoms with Gasteiger partial charge in [0.2, 0.25) is 0 Å². The van der Waals surface area contributed by atoms with Gasteiger partial charge in [-0.25, -0.2) is 18.9 Å². The highest BCUT2D eigenvalue weighted by Gasteiger charge is 2.36. The molecule has 0 radical (unpaired) electrons. The number of hydrogen-bond donors (Lipinski definition) is 0. The first-order valence-corrected chi connectivity index (χ1v) is 10.6. The first kappa shape index (κ1) is 18.4. The second-order valence-electron chi connectivity index (χ2n) is 7.97. The van der Waals surface area contributed by atoms with Gasteiger partial charge in [-0.15, -0.1) is 0 Å². The number of rotatable bonds is 3. The third kappa shape index (κ3) is 3.07. The fourth-order valence-corrected chi connectivity index (χ4v) is 4.70. The highest BCUT2D eigenvalue weighted by atomic mass is 19.1. The molecule has 4 aromatic rings. The molecule has 0 amide bonds. The summed E-state index contributed by atoms with van der Waals surface area (Å²) in [5.74, 6) is 0.448. The smallest absolute Gasteiger partial charge is 0.148 e. The van der Waals surface area contributed by atoms with Crippen molar-refractivity contribution >= 4 is 11.3 Å². The number of anilines is 1. The Bertz CT molecular complexity index is 1220. The van der Waals surface area contributed by atoms with E-state index in [4.69, 9.17) is 14.8 Å². The minimum absolute atomic E-state index is 0.0206. The maximum Gasteiger partial charge on any atom is 0.148 e. The van der Waals surface area contributed by atoms with Crippen LogP contribution < -0.4 is 4.90 Å². The van der Waals surface area contributed by atoms with Crippen LogP contribution in [0.2, 0.25) is 0 Å². The highest BCUT2D eigenvalue weighted by molar-refractivity contribution is 5.54. The Morgan fingerprint density at radius 3 is 2.94 bits per heavy atom. The van der Waals surface area contributed by atoms with Crippen LogP contribution in [-0.4, -0.2) is 42.3 Å². The lowest BCUT2D eigenvalue weighted by molar-refractivity contribution is -0.0336. The van der Waals surface area contributed by atoms with E-state index in [1.807, 2.05) is 6.33 Å². The zero-order valence-corrected chi connectivity index (χ0v) is 16.9. The van der Waals surface area contributed by atoms with Crippen molar-refractivity contribution in [3.05, 3.63) is 72.2 Å². The van der Waals surface area contributed by atoms with Crippen LogP contribution in [0.1, 0.15) is 48.6 Å². The summed E-state index contributed by atoms with van der Waals surface area (Å²) in [6.45, 7) is 1.50. The van der Waals surface area contributed by atoms with E-state index >= 15 is 0 Å². The lowest BCUT2D eigenvalue weighted by Crippen LogP contribution is -2.38. The van der Waals surface area contributed by atoms with Crippen molar-refractivity contribution in [1.82, 2.24) is 29.1 Å². The molecule has 0 aromatic carbocycles. The van der Waals surface area contributed by atoms with Crippen molar-refractivity contribution in [3.8, 4) is 0 Å². The van der Waals surface area contributed by atoms with Crippen LogP contribution in [0.15, 0.2) is 49.3 Å². The quantitative estimate of drug-likeness (QED) is 0.507. The van der Waals surface area contributed by atoms with Crippen LogP contribution >= 0.6 is 0 Å². The van der Waals surface area contributed by atoms with Crippen LogP contribution in [0.25, 0.3) is 5.52 Å². The summed E-state index contributed by atoms with van der Waals surface area (Å²) in [5, 5.41) is 4.70. The maximum atomic E-state index is 14.4. The van der Waals surface area contributed by atoms with Crippen molar-refractivity contribution < 1.29 is 9.13 Å². The molecule has 4 aromatic heterocycles. The normalized spacial score (nSPS) is 21.4. The van der Waals surface area contributed by atoms with Crippen LogP contribution in [0, 0.1) is 5.82 Å². The predicted octanol–water partition coefficient (Wildman–Crippen LogP) is 3.31. The molecule has 8 nitrogen and oxygen atoms in total. The molecule has 2 aliphatic heterocycles. The minimum atomic E-state index is -0.301. The molecule has 0 N–H and O–H groups in total. The van der Waals surface area contributed by atoms with Gasteiger partial charge in [0.25, 0.3) is 0 Å². The molecule has 0 aliphatic carbocycles. The van der Waals surface area contributed by atoms with E-state index in [1.165, 1.54) is 6.07 Å². The molecule has 6 heterocycles. The van der Waals surface area contributed by atoms with E-state index in [9.17, 15) is 4.39 Å². The molecule has 6 rings (SSSR count). The molecule has 2 aliphatic rings. The second kappa shape index (κ2) is 7.42. The minimum Gasteiger partial charge on any atom is -0.358 e. The van der Waals surface area contributed by atoms with Crippen molar-refractivity contribution in [3.63, 3.8) is 0 Å². The average Bonchev–Trinajstić information content (AvgIpc) is 3.45. The van der Waals surface area contributed by atoms with Gasteiger partial charge in [-0.3, -0.25) is 4.98 Å². The summed E-state index contributed by atoms with van der Waals surface area (Å²) >= 11 is 0. The summed E-state index contributed by atoms with van der Waals surface area (Å²) in [6, 6.07) is 4.61. The van der Waals surface area contributed by atoms with Crippen molar-refractivity contribution in [2.24, 2.45) is 0 Å². The van der Waals surface area contributed by atoms with Crippen LogP contribution in [-0.2, 0) is 11.2 Å². The molecule has 158 valence electrons. The second-order valence-corrected chi connectivity index (χ2v) is 7.97. The molecule has 9 heteroatoms. The fourth-order valence-electron chi connectivity index (χ4n) is 4.70. The molecule has 2 unspecified atom stereocenters. The third-order valence-corrected chi connectivity index (χ3v) is 6.15. The Hall–Kier alpha value is -3.33. The van der Waals surface area contributed by atoms with E-state index in [1.54, 1.807) is 41.4 Å². The molecule has 0 saturated carbocycles. The highest BCUT2D eigenvalue weighted by Crippen LogP contribution is 2.38. The molecule has 1 saturated heterocycles. The topological polar surface area (TPSA) is 73.4 Å². The molecular formula is C22H22FN7O. The van der Waals surface area contributed by atoms with E-state index < -0.39 is 0 Å². The summed E-state index contributed by atoms with van der Waals surface area (Å²) in [4.78, 5) is 15.7. The van der Waals surface area contributed by atoms with Crippen LogP contribution in [0.5, 0.6) is 0 Å². The largest absolute Gasteiger partial charge is 0.358 e. The first-order chi connectivity index (χ1) is 15.3. The van der Waals surface area contributed by atoms with Gasteiger partial charge in [0.1, 0.15) is 29.4 Å². The maximum absolute atomic E-state index is 14.4. The monoisotopic (exact) mass is 419 g/mol. The fraction of sp³-hybridized carbons (Fsp3) is 0.364. The Labute approximate surface area is 178 Å². The summed E-state index contributed by atoms with van der Waals surface area (Å²) < 4.78 is 24.2. The van der Waals surface area contributed by atoms with Crippen molar-refractivity contribution in [2.75, 3.05) is 18.1 Å².